The van der Waals surface area contributed by atoms with Gasteiger partial charge in [-0.15, -0.1) is 0 Å². The van der Waals surface area contributed by atoms with E-state index in [0.717, 1.165) is 0 Å². The van der Waals surface area contributed by atoms with E-state index < -0.39 is 12.5 Å². The minimum atomic E-state index is -2.92. The quantitative estimate of drug-likeness (QED) is 0.870. The van der Waals surface area contributed by atoms with Crippen LogP contribution in [-0.2, 0) is 0 Å². The smallest absolute Gasteiger partial charge is 0.387 e. The van der Waals surface area contributed by atoms with Gasteiger partial charge in [-0.25, -0.2) is 0 Å². The molecule has 0 spiro atoms. The predicted molar refractivity (Wildman–Crippen MR) is 53.3 cm³/mol. The molecule has 1 aromatic rings. The summed E-state index contributed by atoms with van der Waals surface area (Å²) in [4.78, 5) is 0. The Kier molecular flexibility index (Phi) is 4.29. The molecular formula is C10H10ClF2O2. The molecule has 0 saturated heterocycles. The number of rotatable bonds is 4. The molecule has 1 atom stereocenters. The zero-order chi connectivity index (χ0) is 11.4. The number of aliphatic hydroxyl groups excluding tert-OH is 1. The SMILES string of the molecule is [CH2]C(CO)c1cccc(OC(F)F)c1Cl. The normalized spacial score (nSPS) is 12.9. The van der Waals surface area contributed by atoms with Crippen molar-refractivity contribution in [2.75, 3.05) is 6.61 Å². The molecular weight excluding hydrogens is 226 g/mol. The van der Waals surface area contributed by atoms with Gasteiger partial charge >= 0.3 is 6.61 Å². The molecule has 2 nitrogen and oxygen atoms in total. The molecule has 1 unspecified atom stereocenters. The molecule has 0 bridgehead atoms. The lowest BCUT2D eigenvalue weighted by atomic mass is 10.0. The first kappa shape index (κ1) is 12.2. The summed E-state index contributed by atoms with van der Waals surface area (Å²) in [5.74, 6) is -0.565. The monoisotopic (exact) mass is 235 g/mol. The highest BCUT2D eigenvalue weighted by molar-refractivity contribution is 6.32. The number of hydrogen-bond donors (Lipinski definition) is 1. The molecule has 0 amide bonds. The Morgan fingerprint density at radius 2 is 2.13 bits per heavy atom. The lowest BCUT2D eigenvalue weighted by Gasteiger charge is -2.13. The summed E-state index contributed by atoms with van der Waals surface area (Å²) in [5, 5.41) is 8.94. The van der Waals surface area contributed by atoms with Gasteiger partial charge in [0.15, 0.2) is 0 Å². The first-order valence-electron chi connectivity index (χ1n) is 4.23. The molecule has 5 heteroatoms. The third kappa shape index (κ3) is 3.04. The maximum atomic E-state index is 12.0. The summed E-state index contributed by atoms with van der Waals surface area (Å²) in [6, 6.07) is 4.46. The van der Waals surface area contributed by atoms with Crippen molar-refractivity contribution in [1.82, 2.24) is 0 Å². The van der Waals surface area contributed by atoms with Gasteiger partial charge in [0.2, 0.25) is 0 Å². The maximum absolute atomic E-state index is 12.0. The molecule has 0 aliphatic rings. The molecule has 1 radical (unpaired) electrons. The number of ether oxygens (including phenoxy) is 1. The van der Waals surface area contributed by atoms with Gasteiger partial charge in [-0.2, -0.15) is 8.78 Å². The van der Waals surface area contributed by atoms with Crippen LogP contribution in [0.1, 0.15) is 11.5 Å². The van der Waals surface area contributed by atoms with Crippen molar-refractivity contribution >= 4 is 11.6 Å². The van der Waals surface area contributed by atoms with Gasteiger partial charge < -0.3 is 9.84 Å². The molecule has 0 saturated carbocycles. The third-order valence-electron chi connectivity index (χ3n) is 1.87. The van der Waals surface area contributed by atoms with Crippen molar-refractivity contribution in [3.05, 3.63) is 35.7 Å². The van der Waals surface area contributed by atoms with Crippen LogP contribution in [-0.4, -0.2) is 18.3 Å². The van der Waals surface area contributed by atoms with E-state index in [9.17, 15) is 8.78 Å². The Morgan fingerprint density at radius 1 is 1.47 bits per heavy atom. The summed E-state index contributed by atoms with van der Waals surface area (Å²) in [6.07, 6.45) is 0. The fourth-order valence-corrected chi connectivity index (χ4v) is 1.45. The van der Waals surface area contributed by atoms with Crippen LogP contribution in [0.4, 0.5) is 8.78 Å². The summed E-state index contributed by atoms with van der Waals surface area (Å²) in [6.45, 7) is 0.499. The largest absolute Gasteiger partial charge is 0.433 e. The molecule has 0 fully saturated rings. The second-order valence-corrected chi connectivity index (χ2v) is 3.30. The second kappa shape index (κ2) is 5.28. The van der Waals surface area contributed by atoms with E-state index in [1.807, 2.05) is 0 Å². The summed E-state index contributed by atoms with van der Waals surface area (Å²) < 4.78 is 28.1. The van der Waals surface area contributed by atoms with Gasteiger partial charge in [0.1, 0.15) is 5.75 Å². The third-order valence-corrected chi connectivity index (χ3v) is 2.27. The highest BCUT2D eigenvalue weighted by atomic mass is 35.5. The summed E-state index contributed by atoms with van der Waals surface area (Å²) >= 11 is 5.82. The van der Waals surface area contributed by atoms with Crippen LogP contribution in [0.2, 0.25) is 5.02 Å². The van der Waals surface area contributed by atoms with Crippen LogP contribution >= 0.6 is 11.6 Å². The standard InChI is InChI=1S/C10H10ClF2O2/c1-6(5-14)7-3-2-4-8(9(7)11)15-10(12)13/h2-4,6,10,14H,1,5H2. The van der Waals surface area contributed by atoms with E-state index in [0.29, 0.717) is 5.56 Å². The molecule has 83 valence electrons. The highest BCUT2D eigenvalue weighted by Gasteiger charge is 2.15. The van der Waals surface area contributed by atoms with E-state index in [1.165, 1.54) is 12.1 Å². The fourth-order valence-electron chi connectivity index (χ4n) is 1.13. The van der Waals surface area contributed by atoms with E-state index >= 15 is 0 Å². The van der Waals surface area contributed by atoms with Gasteiger partial charge in [-0.3, -0.25) is 0 Å². The summed E-state index contributed by atoms with van der Waals surface area (Å²) in [5.41, 5.74) is 0.484. The Hall–Kier alpha value is -0.870. The molecule has 15 heavy (non-hydrogen) atoms. The van der Waals surface area contributed by atoms with Gasteiger partial charge in [0.05, 0.1) is 5.02 Å². The average Bonchev–Trinajstić information content (AvgIpc) is 2.19. The number of aliphatic hydroxyl groups is 1. The van der Waals surface area contributed by atoms with E-state index in [-0.39, 0.29) is 17.4 Å². The fraction of sp³-hybridized carbons (Fsp3) is 0.300. The molecule has 1 N–H and O–H groups in total. The predicted octanol–water partition coefficient (Wildman–Crippen LogP) is 2.85. The van der Waals surface area contributed by atoms with Crippen LogP contribution in [0.25, 0.3) is 0 Å². The topological polar surface area (TPSA) is 29.5 Å². The molecule has 1 aromatic carbocycles. The number of halogens is 3. The van der Waals surface area contributed by atoms with Crippen LogP contribution < -0.4 is 4.74 Å². The average molecular weight is 236 g/mol. The second-order valence-electron chi connectivity index (χ2n) is 2.92. The van der Waals surface area contributed by atoms with Crippen LogP contribution in [0, 0.1) is 6.92 Å². The Morgan fingerprint density at radius 3 is 2.67 bits per heavy atom. The van der Waals surface area contributed by atoms with Crippen molar-refractivity contribution in [3.63, 3.8) is 0 Å². The van der Waals surface area contributed by atoms with Crippen molar-refractivity contribution in [2.24, 2.45) is 0 Å². The molecule has 0 aliphatic heterocycles. The summed E-state index contributed by atoms with van der Waals surface area (Å²) in [7, 11) is 0. The maximum Gasteiger partial charge on any atom is 0.387 e. The van der Waals surface area contributed by atoms with Gasteiger partial charge in [0.25, 0.3) is 0 Å². The van der Waals surface area contributed by atoms with Gasteiger partial charge in [0, 0.05) is 12.5 Å². The van der Waals surface area contributed by atoms with E-state index in [1.54, 1.807) is 6.07 Å². The van der Waals surface area contributed by atoms with Crippen LogP contribution in [0.15, 0.2) is 18.2 Å². The van der Waals surface area contributed by atoms with E-state index in [2.05, 4.69) is 11.7 Å². The number of alkyl halides is 2. The highest BCUT2D eigenvalue weighted by Crippen LogP contribution is 2.33. The minimum absolute atomic E-state index is 0.0619. The molecule has 0 aliphatic carbocycles. The Labute approximate surface area is 91.4 Å². The Balaban J connectivity index is 3.00. The zero-order valence-electron chi connectivity index (χ0n) is 7.79. The lowest BCUT2D eigenvalue weighted by molar-refractivity contribution is -0.0498. The first-order chi connectivity index (χ1) is 7.06. The number of benzene rings is 1. The Bertz CT molecular complexity index is 331. The van der Waals surface area contributed by atoms with Gasteiger partial charge in [-0.05, 0) is 18.6 Å². The van der Waals surface area contributed by atoms with Crippen LogP contribution in [0.5, 0.6) is 5.75 Å². The van der Waals surface area contributed by atoms with Crippen LogP contribution in [0.3, 0.4) is 0 Å². The van der Waals surface area contributed by atoms with Crippen molar-refractivity contribution in [2.45, 2.75) is 12.5 Å². The van der Waals surface area contributed by atoms with Gasteiger partial charge in [-0.1, -0.05) is 23.7 Å². The van der Waals surface area contributed by atoms with Crippen molar-refractivity contribution in [1.29, 1.82) is 0 Å². The first-order valence-corrected chi connectivity index (χ1v) is 4.61. The number of hydrogen-bond acceptors (Lipinski definition) is 2. The molecule has 0 aromatic heterocycles. The van der Waals surface area contributed by atoms with Crippen molar-refractivity contribution in [3.8, 4) is 5.75 Å². The minimum Gasteiger partial charge on any atom is -0.433 e. The molecule has 1 rings (SSSR count). The van der Waals surface area contributed by atoms with E-state index in [4.69, 9.17) is 16.7 Å². The van der Waals surface area contributed by atoms with Crippen molar-refractivity contribution < 1.29 is 18.6 Å². The lowest BCUT2D eigenvalue weighted by Crippen LogP contribution is -2.05. The molecule has 0 heterocycles. The zero-order valence-corrected chi connectivity index (χ0v) is 8.55.